The van der Waals surface area contributed by atoms with Crippen molar-refractivity contribution < 1.29 is 24.6 Å². The lowest BCUT2D eigenvalue weighted by molar-refractivity contribution is -0.210. The average Bonchev–Trinajstić information content (AvgIpc) is 2.99. The van der Waals surface area contributed by atoms with Gasteiger partial charge in [-0.2, -0.15) is 5.01 Å². The van der Waals surface area contributed by atoms with Crippen molar-refractivity contribution in [1.82, 2.24) is 10.0 Å². The van der Waals surface area contributed by atoms with Gasteiger partial charge < -0.3 is 10.2 Å². The molecule has 1 aliphatic carbocycles. The molecule has 1 unspecified atom stereocenters. The Balaban J connectivity index is 2.15. The van der Waals surface area contributed by atoms with Crippen LogP contribution in [0, 0.1) is 5.92 Å². The zero-order chi connectivity index (χ0) is 15.9. The Kier molecular flexibility index (Phi) is 3.27. The number of imide groups is 1. The van der Waals surface area contributed by atoms with Gasteiger partial charge in [-0.15, -0.1) is 5.01 Å². The molecule has 7 nitrogen and oxygen atoms in total. The Bertz CT molecular complexity index is 626. The summed E-state index contributed by atoms with van der Waals surface area (Å²) in [5.74, 6) is -0.880. The Morgan fingerprint density at radius 3 is 2.14 bits per heavy atom. The van der Waals surface area contributed by atoms with Crippen molar-refractivity contribution in [3.05, 3.63) is 35.9 Å². The Hall–Kier alpha value is -2.57. The van der Waals surface area contributed by atoms with Crippen LogP contribution in [-0.4, -0.2) is 38.3 Å². The fourth-order valence-electron chi connectivity index (χ4n) is 3.73. The van der Waals surface area contributed by atoms with Crippen LogP contribution in [-0.2, 0) is 10.3 Å². The minimum absolute atomic E-state index is 0.200. The summed E-state index contributed by atoms with van der Waals surface area (Å²) >= 11 is 0. The van der Waals surface area contributed by atoms with Crippen LogP contribution in [0.3, 0.4) is 0 Å². The molecule has 3 amide bonds. The van der Waals surface area contributed by atoms with Crippen LogP contribution in [0.2, 0.25) is 0 Å². The van der Waals surface area contributed by atoms with Crippen LogP contribution in [0.4, 0.5) is 9.59 Å². The molecule has 1 aromatic rings. The van der Waals surface area contributed by atoms with E-state index in [0.717, 1.165) is 12.8 Å². The molecule has 22 heavy (non-hydrogen) atoms. The quantitative estimate of drug-likeness (QED) is 0.874. The van der Waals surface area contributed by atoms with Crippen molar-refractivity contribution in [1.29, 1.82) is 0 Å². The van der Waals surface area contributed by atoms with Gasteiger partial charge in [0.05, 0.1) is 0 Å². The van der Waals surface area contributed by atoms with Gasteiger partial charge in [-0.05, 0) is 24.3 Å². The van der Waals surface area contributed by atoms with Gasteiger partial charge in [0.25, 0.3) is 5.91 Å². The van der Waals surface area contributed by atoms with E-state index >= 15 is 0 Å². The van der Waals surface area contributed by atoms with E-state index in [1.165, 1.54) is 0 Å². The molecule has 7 heteroatoms. The van der Waals surface area contributed by atoms with Gasteiger partial charge in [0.2, 0.25) is 0 Å². The summed E-state index contributed by atoms with van der Waals surface area (Å²) < 4.78 is 0. The molecule has 2 fully saturated rings. The smallest absolute Gasteiger partial charge is 0.434 e. The Labute approximate surface area is 126 Å². The molecule has 1 saturated heterocycles. The summed E-state index contributed by atoms with van der Waals surface area (Å²) in [6.45, 7) is 0. The number of carbonyl (C=O) groups excluding carboxylic acids is 1. The highest BCUT2D eigenvalue weighted by Gasteiger charge is 2.69. The lowest BCUT2D eigenvalue weighted by Gasteiger charge is -2.56. The molecule has 3 rings (SSSR count). The van der Waals surface area contributed by atoms with Crippen molar-refractivity contribution >= 4 is 18.1 Å². The Morgan fingerprint density at radius 2 is 1.64 bits per heavy atom. The van der Waals surface area contributed by atoms with Crippen molar-refractivity contribution in [3.63, 3.8) is 0 Å². The molecular formula is C15H16N2O5. The van der Waals surface area contributed by atoms with E-state index in [2.05, 4.69) is 0 Å². The largest absolute Gasteiger partial charge is 0.464 e. The van der Waals surface area contributed by atoms with E-state index < -0.39 is 23.6 Å². The highest BCUT2D eigenvalue weighted by molar-refractivity contribution is 6.06. The van der Waals surface area contributed by atoms with Crippen LogP contribution in [0.1, 0.15) is 31.2 Å². The number of hydrogen-bond donors (Lipinski definition) is 2. The van der Waals surface area contributed by atoms with Crippen LogP contribution in [0.15, 0.2) is 30.3 Å². The first kappa shape index (κ1) is 14.4. The van der Waals surface area contributed by atoms with Gasteiger partial charge in [-0.3, -0.25) is 4.79 Å². The highest BCUT2D eigenvalue weighted by Crippen LogP contribution is 2.52. The standard InChI is InChI=1S/C15H16N2O5/c18-12-15(11-8-4-5-9-11,10-6-2-1-3-7-10)17(14(21)22)16(12)13(19)20/h1-3,6-7,11H,4-5,8-9H2,(H,19,20)(H,21,22). The first-order valence-electron chi connectivity index (χ1n) is 7.17. The van der Waals surface area contributed by atoms with Gasteiger partial charge in [0, 0.05) is 0 Å². The second-order valence-corrected chi connectivity index (χ2v) is 5.61. The normalized spacial score (nSPS) is 25.2. The number of nitrogens with zero attached hydrogens (tertiary/aromatic N) is 2. The van der Waals surface area contributed by atoms with Crippen LogP contribution < -0.4 is 0 Å². The molecule has 2 aliphatic rings. The van der Waals surface area contributed by atoms with Crippen LogP contribution in [0.5, 0.6) is 0 Å². The molecular weight excluding hydrogens is 288 g/mol. The number of carboxylic acid groups (broad SMARTS) is 2. The molecule has 116 valence electrons. The minimum atomic E-state index is -1.57. The summed E-state index contributed by atoms with van der Waals surface area (Å²) in [6, 6.07) is 8.59. The number of amides is 3. The fraction of sp³-hybridized carbons (Fsp3) is 0.400. The zero-order valence-corrected chi connectivity index (χ0v) is 11.8. The fourth-order valence-corrected chi connectivity index (χ4v) is 3.73. The third-order valence-electron chi connectivity index (χ3n) is 4.57. The van der Waals surface area contributed by atoms with E-state index in [0.29, 0.717) is 28.4 Å². The summed E-state index contributed by atoms with van der Waals surface area (Å²) in [5.41, 5.74) is -0.881. The SMILES string of the molecule is O=C(O)N1C(=O)C(c2ccccc2)(C2CCCC2)N1C(=O)O. The lowest BCUT2D eigenvalue weighted by atomic mass is 9.72. The average molecular weight is 304 g/mol. The van der Waals surface area contributed by atoms with Crippen LogP contribution in [0.25, 0.3) is 0 Å². The summed E-state index contributed by atoms with van der Waals surface area (Å²) in [5, 5.41) is 19.6. The molecule has 1 aromatic carbocycles. The van der Waals surface area contributed by atoms with E-state index in [1.54, 1.807) is 30.3 Å². The molecule has 0 radical (unpaired) electrons. The van der Waals surface area contributed by atoms with Gasteiger partial charge in [-0.1, -0.05) is 43.2 Å². The topological polar surface area (TPSA) is 98.2 Å². The second-order valence-electron chi connectivity index (χ2n) is 5.61. The third kappa shape index (κ3) is 1.71. The summed E-state index contributed by atoms with van der Waals surface area (Å²) in [6.07, 6.45) is 0.227. The molecule has 0 aromatic heterocycles. The molecule has 0 spiro atoms. The minimum Gasteiger partial charge on any atom is -0.464 e. The number of hydrazine groups is 1. The van der Waals surface area contributed by atoms with Crippen LogP contribution >= 0.6 is 0 Å². The number of benzene rings is 1. The van der Waals surface area contributed by atoms with Crippen molar-refractivity contribution in [2.45, 2.75) is 31.2 Å². The third-order valence-corrected chi connectivity index (χ3v) is 4.57. The predicted molar refractivity (Wildman–Crippen MR) is 74.8 cm³/mol. The molecule has 0 bridgehead atoms. The first-order valence-corrected chi connectivity index (χ1v) is 7.17. The summed E-state index contributed by atoms with van der Waals surface area (Å²) in [7, 11) is 0. The highest BCUT2D eigenvalue weighted by atomic mass is 16.4. The van der Waals surface area contributed by atoms with Crippen molar-refractivity contribution in [2.24, 2.45) is 5.92 Å². The van der Waals surface area contributed by atoms with E-state index in [-0.39, 0.29) is 5.92 Å². The van der Waals surface area contributed by atoms with Gasteiger partial charge in [-0.25, -0.2) is 9.59 Å². The van der Waals surface area contributed by atoms with Gasteiger partial charge in [0.15, 0.2) is 5.54 Å². The van der Waals surface area contributed by atoms with Crippen molar-refractivity contribution in [3.8, 4) is 0 Å². The molecule has 1 aliphatic heterocycles. The monoisotopic (exact) mass is 304 g/mol. The molecule has 1 heterocycles. The maximum atomic E-state index is 12.7. The summed E-state index contributed by atoms with van der Waals surface area (Å²) in [4.78, 5) is 35.6. The molecule has 2 N–H and O–H groups in total. The van der Waals surface area contributed by atoms with Gasteiger partial charge in [0.1, 0.15) is 0 Å². The molecule has 1 atom stereocenters. The zero-order valence-electron chi connectivity index (χ0n) is 11.8. The van der Waals surface area contributed by atoms with E-state index in [9.17, 15) is 19.5 Å². The number of rotatable bonds is 2. The number of hydrogen-bond acceptors (Lipinski definition) is 3. The predicted octanol–water partition coefficient (Wildman–Crippen LogP) is 2.49. The van der Waals surface area contributed by atoms with E-state index in [1.807, 2.05) is 0 Å². The molecule has 1 saturated carbocycles. The maximum absolute atomic E-state index is 12.7. The lowest BCUT2D eigenvalue weighted by Crippen LogP contribution is -2.79. The van der Waals surface area contributed by atoms with Crippen molar-refractivity contribution in [2.75, 3.05) is 0 Å². The second kappa shape index (κ2) is 5.01. The Morgan fingerprint density at radius 1 is 1.05 bits per heavy atom. The number of carbonyl (C=O) groups is 3. The first-order chi connectivity index (χ1) is 10.5. The maximum Gasteiger partial charge on any atom is 0.434 e. The van der Waals surface area contributed by atoms with Gasteiger partial charge >= 0.3 is 12.2 Å². The van der Waals surface area contributed by atoms with E-state index in [4.69, 9.17) is 5.11 Å².